The molecular formula is C64H71N3O8. The Hall–Kier alpha value is -5.12. The molecule has 0 radical (unpaired) electrons. The number of aliphatic carboxylic acids is 1. The van der Waals surface area contributed by atoms with Crippen molar-refractivity contribution in [3.8, 4) is 11.8 Å². The van der Waals surface area contributed by atoms with Crippen LogP contribution in [0, 0.1) is 68.5 Å². The molecule has 11 nitrogen and oxygen atoms in total. The molecule has 14 aliphatic rings. The van der Waals surface area contributed by atoms with E-state index in [1.165, 1.54) is 12.5 Å². The molecule has 390 valence electrons. The molecule has 14 unspecified atom stereocenters. The molecule has 75 heavy (non-hydrogen) atoms. The molecule has 8 bridgehead atoms. The van der Waals surface area contributed by atoms with E-state index in [0.29, 0.717) is 99.3 Å². The molecule has 1 aromatic carbocycles. The number of ketones is 2. The Morgan fingerprint density at radius 2 is 1.65 bits per heavy atom. The smallest absolute Gasteiger partial charge is 0.331 e. The second-order valence-corrected chi connectivity index (χ2v) is 26.6. The van der Waals surface area contributed by atoms with Gasteiger partial charge in [-0.15, -0.1) is 11.8 Å². The lowest BCUT2D eigenvalue weighted by molar-refractivity contribution is -0.245. The summed E-state index contributed by atoms with van der Waals surface area (Å²) in [6, 6.07) is 8.46. The zero-order valence-corrected chi connectivity index (χ0v) is 43.5. The van der Waals surface area contributed by atoms with Gasteiger partial charge in [-0.2, -0.15) is 0 Å². The zero-order chi connectivity index (χ0) is 51.9. The lowest BCUT2D eigenvalue weighted by Crippen LogP contribution is -2.79. The number of nitrogens with two attached hydrogens (primary N) is 2. The van der Waals surface area contributed by atoms with Gasteiger partial charge < -0.3 is 37.0 Å². The summed E-state index contributed by atoms with van der Waals surface area (Å²) < 4.78 is 0. The molecule has 0 aliphatic heterocycles. The first-order valence-electron chi connectivity index (χ1n) is 28.7. The summed E-state index contributed by atoms with van der Waals surface area (Å²) in [4.78, 5) is 50.9. The Kier molecular flexibility index (Phi) is 9.12. The summed E-state index contributed by atoms with van der Waals surface area (Å²) >= 11 is 0. The second kappa shape index (κ2) is 14.5. The zero-order valence-electron chi connectivity index (χ0n) is 43.5. The van der Waals surface area contributed by atoms with Crippen molar-refractivity contribution in [1.82, 2.24) is 0 Å². The van der Waals surface area contributed by atoms with Gasteiger partial charge in [0.15, 0.2) is 11.7 Å². The Bertz CT molecular complexity index is 3280. The molecule has 9 N–H and O–H groups in total. The molecule has 0 aromatic heterocycles. The van der Waals surface area contributed by atoms with Crippen LogP contribution in [0.1, 0.15) is 153 Å². The molecule has 15 rings (SSSR count). The molecule has 0 amide bonds. The highest BCUT2D eigenvalue weighted by atomic mass is 16.4. The molecule has 6 saturated carbocycles. The van der Waals surface area contributed by atoms with Crippen molar-refractivity contribution < 1.29 is 39.9 Å². The minimum Gasteiger partial charge on any atom is -0.478 e. The van der Waals surface area contributed by atoms with Gasteiger partial charge in [0.05, 0.1) is 0 Å². The van der Waals surface area contributed by atoms with Crippen LogP contribution in [0.15, 0.2) is 104 Å². The maximum absolute atomic E-state index is 17.1. The topological polar surface area (TPSA) is 217 Å². The van der Waals surface area contributed by atoms with Crippen molar-refractivity contribution in [3.63, 3.8) is 0 Å². The normalized spacial score (nSPS) is 47.7. The fourth-order valence-electron chi connectivity index (χ4n) is 22.7. The Morgan fingerprint density at radius 1 is 0.867 bits per heavy atom. The van der Waals surface area contributed by atoms with Gasteiger partial charge in [-0.05, 0) is 128 Å². The molecule has 14 atom stereocenters. The molecule has 6 fully saturated rings. The minimum absolute atomic E-state index is 0.0359. The van der Waals surface area contributed by atoms with Crippen LogP contribution in [0.3, 0.4) is 0 Å². The van der Waals surface area contributed by atoms with Crippen LogP contribution in [0.5, 0.6) is 0 Å². The maximum Gasteiger partial charge on any atom is 0.331 e. The number of carbonyl (C=O) groups is 3. The summed E-state index contributed by atoms with van der Waals surface area (Å²) in [6.45, 7) is 3.63. The highest BCUT2D eigenvalue weighted by Crippen LogP contribution is 2.92. The number of guanidine groups is 1. The number of rotatable bonds is 4. The summed E-state index contributed by atoms with van der Waals surface area (Å²) in [5, 5.41) is 72.4. The van der Waals surface area contributed by atoms with E-state index < -0.39 is 84.7 Å². The maximum atomic E-state index is 17.1. The fraction of sp³-hybridized carbons (Fsp3) is 0.594. The number of nitrogens with zero attached hydrogens (tertiary/aromatic N) is 1. The Morgan fingerprint density at radius 3 is 2.44 bits per heavy atom. The third-order valence-corrected chi connectivity index (χ3v) is 24.6. The molecule has 11 heteroatoms. The van der Waals surface area contributed by atoms with Crippen molar-refractivity contribution in [3.05, 3.63) is 110 Å². The van der Waals surface area contributed by atoms with Crippen molar-refractivity contribution in [2.75, 3.05) is 0 Å². The summed E-state index contributed by atoms with van der Waals surface area (Å²) in [7, 11) is 0. The van der Waals surface area contributed by atoms with Gasteiger partial charge in [0.1, 0.15) is 33.7 Å². The van der Waals surface area contributed by atoms with Gasteiger partial charge in [0.2, 0.25) is 0 Å². The molecule has 4 spiro atoms. The van der Waals surface area contributed by atoms with Crippen LogP contribution >= 0.6 is 0 Å². The number of aryl methyl sites for hydroxylation is 1. The van der Waals surface area contributed by atoms with E-state index in [1.54, 1.807) is 0 Å². The number of carboxylic acid groups (broad SMARTS) is 1. The molecule has 1 aromatic rings. The lowest BCUT2D eigenvalue weighted by atomic mass is 9.30. The number of benzene rings is 1. The van der Waals surface area contributed by atoms with Crippen LogP contribution in [0.2, 0.25) is 0 Å². The number of carbonyl (C=O) groups excluding carboxylic acids is 2. The third kappa shape index (κ3) is 4.78. The van der Waals surface area contributed by atoms with Crippen LogP contribution in [-0.4, -0.2) is 77.0 Å². The van der Waals surface area contributed by atoms with Crippen molar-refractivity contribution in [1.29, 1.82) is 0 Å². The Balaban J connectivity index is 1.16. The standard InChI is InChI=1S/C64H71N3O8/c1-35(53(70)71)42-21-28-58(67-54(65)66)29-30-59-49(37-14-6-7-15-37)64(58,75)63(42,74)43-20-19-39-32-41-33-60(72)47(40-18-17-36-13-5-8-16-38(36)31-40)51-55(2)23-9-3-12-26-61(62(41,73)50(59)46(39)43)52(60)48-44(68)34-57(59,61)25-11-4-10-24-56(48,51)27-22-45(55)69/h5,8,13,16,20,29-31,33,37,47,49-51,72-75H,4,6-7,10-12,14-15,17-19,21-28,32,34H2,1-2H3,(H,70,71)(H4,65,66,67). The number of carboxylic acids is 1. The number of aliphatic imine (C=N–C) groups is 1. The van der Waals surface area contributed by atoms with Crippen molar-refractivity contribution in [2.45, 2.75) is 177 Å². The van der Waals surface area contributed by atoms with Gasteiger partial charge in [-0.1, -0.05) is 112 Å². The van der Waals surface area contributed by atoms with Crippen LogP contribution in [0.25, 0.3) is 6.08 Å². The van der Waals surface area contributed by atoms with Crippen LogP contribution in [-0.2, 0) is 20.8 Å². The molecule has 0 heterocycles. The van der Waals surface area contributed by atoms with Gasteiger partial charge in [0.25, 0.3) is 0 Å². The number of Topliss-reactive ketones (excluding diaryl/α,β-unsaturated/α-hetero) is 2. The van der Waals surface area contributed by atoms with E-state index in [4.69, 9.17) is 16.5 Å². The van der Waals surface area contributed by atoms with E-state index in [-0.39, 0.29) is 60.3 Å². The average molecular weight is 1010 g/mol. The predicted molar refractivity (Wildman–Crippen MR) is 282 cm³/mol. The Labute approximate surface area is 439 Å². The fourth-order valence-corrected chi connectivity index (χ4v) is 22.7. The summed E-state index contributed by atoms with van der Waals surface area (Å²) in [5.74, 6) is 2.78. The predicted octanol–water partition coefficient (Wildman–Crippen LogP) is 8.12. The SMILES string of the molecule is CC(C(=O)O)=C1CCC2(N=C(N)N)C=CC34C5C6=C(CC=C6C1(O)C2(O)C3C1CCCC1)CC1=CC2(O)C3=C6C(=O)CC47CCCCCC64CCC(=O)C(C)(CC#CCCC37C15O)C4C2C1=Cc2ccccc2CC1. The van der Waals surface area contributed by atoms with Crippen molar-refractivity contribution in [2.24, 2.45) is 73.1 Å². The van der Waals surface area contributed by atoms with Gasteiger partial charge in [-0.3, -0.25) is 9.59 Å². The number of hydrogen-bond donors (Lipinski definition) is 7. The quantitative estimate of drug-likeness (QED) is 0.0506. The first kappa shape index (κ1) is 47.1. The van der Waals surface area contributed by atoms with E-state index in [9.17, 15) is 15.0 Å². The van der Waals surface area contributed by atoms with E-state index >= 15 is 24.9 Å². The van der Waals surface area contributed by atoms with E-state index in [0.717, 1.165) is 54.4 Å². The van der Waals surface area contributed by atoms with E-state index in [2.05, 4.69) is 55.2 Å². The molecular weight excluding hydrogens is 939 g/mol. The first-order valence-corrected chi connectivity index (χ1v) is 28.7. The third-order valence-electron chi connectivity index (χ3n) is 24.6. The van der Waals surface area contributed by atoms with Gasteiger partial charge >= 0.3 is 5.97 Å². The second-order valence-electron chi connectivity index (χ2n) is 26.6. The number of hydrogen-bond acceptors (Lipinski definition) is 8. The lowest BCUT2D eigenvalue weighted by Gasteiger charge is -2.73. The number of aliphatic hydroxyl groups is 4. The number of fused-ring (bicyclic) bond motifs is 3. The largest absolute Gasteiger partial charge is 0.478 e. The molecule has 0 saturated heterocycles. The minimum atomic E-state index is -2.33. The highest BCUT2D eigenvalue weighted by molar-refractivity contribution is 6.03. The molecule has 14 aliphatic carbocycles. The van der Waals surface area contributed by atoms with Crippen molar-refractivity contribution >= 4 is 29.6 Å². The van der Waals surface area contributed by atoms with Crippen LogP contribution in [0.4, 0.5) is 0 Å². The number of allylic oxidation sites excluding steroid dienone is 4. The van der Waals surface area contributed by atoms with Crippen LogP contribution < -0.4 is 11.5 Å². The monoisotopic (exact) mass is 1010 g/mol. The van der Waals surface area contributed by atoms with Gasteiger partial charge in [0, 0.05) is 81.7 Å². The summed E-state index contributed by atoms with van der Waals surface area (Å²) in [6.07, 6.45) is 21.2. The van der Waals surface area contributed by atoms with E-state index in [1.807, 2.05) is 18.2 Å². The van der Waals surface area contributed by atoms with Gasteiger partial charge in [-0.25, -0.2) is 9.79 Å². The average Bonchev–Trinajstić information content (AvgIpc) is 4.25. The highest BCUT2D eigenvalue weighted by Gasteiger charge is 2.94. The first-order chi connectivity index (χ1) is 35.8. The summed E-state index contributed by atoms with van der Waals surface area (Å²) in [5.41, 5.74) is 5.25.